The van der Waals surface area contributed by atoms with E-state index in [1.165, 1.54) is 12.8 Å². The van der Waals surface area contributed by atoms with Crippen molar-refractivity contribution in [1.82, 2.24) is 10.6 Å². The largest absolute Gasteiger partial charge is 0.480 e. The number of carbonyl (C=O) groups is 1. The Hall–Kier alpha value is -1.07. The number of halogens is 1. The highest BCUT2D eigenvalue weighted by Gasteiger charge is 2.34. The van der Waals surface area contributed by atoms with E-state index in [4.69, 9.17) is 4.74 Å². The van der Waals surface area contributed by atoms with Gasteiger partial charge < -0.3 is 15.4 Å². The minimum atomic E-state index is -0.490. The van der Waals surface area contributed by atoms with E-state index in [1.807, 2.05) is 24.3 Å². The summed E-state index contributed by atoms with van der Waals surface area (Å²) < 4.78 is 6.61. The van der Waals surface area contributed by atoms with Crippen LogP contribution in [-0.4, -0.2) is 30.1 Å². The molecule has 3 unspecified atom stereocenters. The van der Waals surface area contributed by atoms with E-state index >= 15 is 0 Å². The van der Waals surface area contributed by atoms with Crippen LogP contribution >= 0.6 is 15.9 Å². The molecule has 2 fully saturated rings. The maximum Gasteiger partial charge on any atom is 0.260 e. The van der Waals surface area contributed by atoms with Gasteiger partial charge in [-0.3, -0.25) is 4.79 Å². The van der Waals surface area contributed by atoms with E-state index < -0.39 is 6.10 Å². The first kappa shape index (κ1) is 14.9. The minimum Gasteiger partial charge on any atom is -0.480 e. The van der Waals surface area contributed by atoms with E-state index in [1.54, 1.807) is 6.92 Å². The van der Waals surface area contributed by atoms with E-state index in [9.17, 15) is 4.79 Å². The summed E-state index contributed by atoms with van der Waals surface area (Å²) in [6, 6.07) is 9.02. The molecule has 3 atom stereocenters. The van der Waals surface area contributed by atoms with Crippen molar-refractivity contribution in [2.45, 2.75) is 56.8 Å². The molecule has 2 heterocycles. The number of hydrogen-bond donors (Lipinski definition) is 2. The van der Waals surface area contributed by atoms with Gasteiger partial charge in [-0.1, -0.05) is 12.1 Å². The summed E-state index contributed by atoms with van der Waals surface area (Å²) in [6.45, 7) is 1.80. The maximum absolute atomic E-state index is 12.3. The molecule has 114 valence electrons. The molecular weight excluding hydrogens is 332 g/mol. The van der Waals surface area contributed by atoms with Crippen molar-refractivity contribution < 1.29 is 9.53 Å². The van der Waals surface area contributed by atoms with Crippen LogP contribution in [0.1, 0.15) is 32.6 Å². The Bertz CT molecular complexity index is 511. The number of amides is 1. The molecule has 2 aliphatic rings. The van der Waals surface area contributed by atoms with Crippen LogP contribution < -0.4 is 15.4 Å². The van der Waals surface area contributed by atoms with Gasteiger partial charge in [0.1, 0.15) is 5.75 Å². The fraction of sp³-hybridized carbons (Fsp3) is 0.562. The van der Waals surface area contributed by atoms with Gasteiger partial charge >= 0.3 is 0 Å². The second-order valence-corrected chi connectivity index (χ2v) is 6.86. The van der Waals surface area contributed by atoms with Crippen molar-refractivity contribution in [3.8, 4) is 5.75 Å². The molecular formula is C16H21BrN2O2. The highest BCUT2D eigenvalue weighted by molar-refractivity contribution is 9.10. The van der Waals surface area contributed by atoms with Gasteiger partial charge in [0.15, 0.2) is 6.10 Å². The van der Waals surface area contributed by atoms with Crippen LogP contribution in [0.25, 0.3) is 0 Å². The molecule has 0 radical (unpaired) electrons. The number of piperidine rings is 1. The Morgan fingerprint density at radius 3 is 2.67 bits per heavy atom. The molecule has 4 nitrogen and oxygen atoms in total. The van der Waals surface area contributed by atoms with Crippen LogP contribution in [0.3, 0.4) is 0 Å². The maximum atomic E-state index is 12.3. The van der Waals surface area contributed by atoms with Crippen molar-refractivity contribution in [3.63, 3.8) is 0 Å². The quantitative estimate of drug-likeness (QED) is 0.875. The lowest BCUT2D eigenvalue weighted by atomic mass is 9.99. The number of fused-ring (bicyclic) bond motifs is 2. The first-order valence-electron chi connectivity index (χ1n) is 7.59. The first-order valence-corrected chi connectivity index (χ1v) is 8.38. The topological polar surface area (TPSA) is 50.4 Å². The van der Waals surface area contributed by atoms with Gasteiger partial charge in [-0.15, -0.1) is 0 Å². The molecule has 0 aromatic heterocycles. The standard InChI is InChI=1S/C16H21BrN2O2/c1-10(21-15-5-3-2-4-14(15)17)16(20)19-13-8-11-6-7-12(9-13)18-11/h2-5,10-13,18H,6-9H2,1H3,(H,19,20). The number of para-hydroxylation sites is 1. The zero-order chi connectivity index (χ0) is 14.8. The lowest BCUT2D eigenvalue weighted by molar-refractivity contribution is -0.128. The summed E-state index contributed by atoms with van der Waals surface area (Å²) in [7, 11) is 0. The average molecular weight is 353 g/mol. The Morgan fingerprint density at radius 2 is 2.00 bits per heavy atom. The summed E-state index contributed by atoms with van der Waals surface area (Å²) in [5, 5.41) is 6.72. The highest BCUT2D eigenvalue weighted by atomic mass is 79.9. The number of benzene rings is 1. The molecule has 0 saturated carbocycles. The predicted molar refractivity (Wildman–Crippen MR) is 85.3 cm³/mol. The number of hydrogen-bond acceptors (Lipinski definition) is 3. The van der Waals surface area contributed by atoms with Crippen LogP contribution in [-0.2, 0) is 4.79 Å². The normalized spacial score (nSPS) is 29.0. The van der Waals surface area contributed by atoms with Gasteiger partial charge in [0.05, 0.1) is 4.47 Å². The minimum absolute atomic E-state index is 0.0305. The van der Waals surface area contributed by atoms with Crippen LogP contribution in [0, 0.1) is 0 Å². The molecule has 2 saturated heterocycles. The zero-order valence-electron chi connectivity index (χ0n) is 12.1. The molecule has 0 spiro atoms. The average Bonchev–Trinajstić information content (AvgIpc) is 2.80. The number of carbonyl (C=O) groups excluding carboxylic acids is 1. The summed E-state index contributed by atoms with van der Waals surface area (Å²) >= 11 is 3.43. The second kappa shape index (κ2) is 6.36. The third-order valence-electron chi connectivity index (χ3n) is 4.33. The van der Waals surface area contributed by atoms with E-state index in [0.717, 1.165) is 17.3 Å². The Kier molecular flexibility index (Phi) is 4.50. The fourth-order valence-corrected chi connectivity index (χ4v) is 3.66. The molecule has 0 aliphatic carbocycles. The zero-order valence-corrected chi connectivity index (χ0v) is 13.7. The van der Waals surface area contributed by atoms with Gasteiger partial charge in [0.2, 0.25) is 0 Å². The predicted octanol–water partition coefficient (Wildman–Crippen LogP) is 2.62. The van der Waals surface area contributed by atoms with E-state index in [-0.39, 0.29) is 11.9 Å². The molecule has 1 aromatic carbocycles. The van der Waals surface area contributed by atoms with Gasteiger partial charge in [-0.05, 0) is 60.7 Å². The Morgan fingerprint density at radius 1 is 1.33 bits per heavy atom. The third kappa shape index (κ3) is 3.58. The Labute approximate surface area is 133 Å². The van der Waals surface area contributed by atoms with Crippen LogP contribution in [0.5, 0.6) is 5.75 Å². The molecule has 2 N–H and O–H groups in total. The summed E-state index contributed by atoms with van der Waals surface area (Å²) in [5.41, 5.74) is 0. The molecule has 1 aromatic rings. The smallest absolute Gasteiger partial charge is 0.260 e. The first-order chi connectivity index (χ1) is 10.1. The monoisotopic (exact) mass is 352 g/mol. The summed E-state index contributed by atoms with van der Waals surface area (Å²) in [6.07, 6.45) is 4.05. The third-order valence-corrected chi connectivity index (χ3v) is 4.98. The van der Waals surface area contributed by atoms with Crippen LogP contribution in [0.4, 0.5) is 0 Å². The SMILES string of the molecule is CC(Oc1ccccc1Br)C(=O)NC1CC2CCC(C1)N2. The molecule has 1 amide bonds. The van der Waals surface area contributed by atoms with Crippen LogP contribution in [0.2, 0.25) is 0 Å². The number of ether oxygens (including phenoxy) is 1. The van der Waals surface area contributed by atoms with Gasteiger partial charge in [0.25, 0.3) is 5.91 Å². The number of nitrogens with one attached hydrogen (secondary N) is 2. The summed E-state index contributed by atoms with van der Waals surface area (Å²) in [4.78, 5) is 12.3. The summed E-state index contributed by atoms with van der Waals surface area (Å²) in [5.74, 6) is 0.669. The van der Waals surface area contributed by atoms with Crippen molar-refractivity contribution in [1.29, 1.82) is 0 Å². The van der Waals surface area contributed by atoms with Gasteiger partial charge in [0, 0.05) is 18.1 Å². The van der Waals surface area contributed by atoms with E-state index in [0.29, 0.717) is 17.8 Å². The van der Waals surface area contributed by atoms with Crippen molar-refractivity contribution >= 4 is 21.8 Å². The molecule has 21 heavy (non-hydrogen) atoms. The fourth-order valence-electron chi connectivity index (χ4n) is 3.28. The highest BCUT2D eigenvalue weighted by Crippen LogP contribution is 2.27. The molecule has 2 bridgehead atoms. The van der Waals surface area contributed by atoms with Gasteiger partial charge in [-0.25, -0.2) is 0 Å². The lowest BCUT2D eigenvalue weighted by Gasteiger charge is -2.30. The lowest BCUT2D eigenvalue weighted by Crippen LogP contribution is -2.50. The molecule has 3 rings (SSSR count). The van der Waals surface area contributed by atoms with Crippen LogP contribution in [0.15, 0.2) is 28.7 Å². The van der Waals surface area contributed by atoms with Crippen molar-refractivity contribution in [2.75, 3.05) is 0 Å². The van der Waals surface area contributed by atoms with Crippen molar-refractivity contribution in [2.24, 2.45) is 0 Å². The molecule has 5 heteroatoms. The van der Waals surface area contributed by atoms with Crippen molar-refractivity contribution in [3.05, 3.63) is 28.7 Å². The van der Waals surface area contributed by atoms with Gasteiger partial charge in [-0.2, -0.15) is 0 Å². The molecule has 2 aliphatic heterocycles. The number of rotatable bonds is 4. The second-order valence-electron chi connectivity index (χ2n) is 6.01. The van der Waals surface area contributed by atoms with E-state index in [2.05, 4.69) is 26.6 Å². The Balaban J connectivity index is 1.54.